The van der Waals surface area contributed by atoms with E-state index in [2.05, 4.69) is 24.8 Å². The van der Waals surface area contributed by atoms with Crippen molar-refractivity contribution in [1.29, 1.82) is 0 Å². The van der Waals surface area contributed by atoms with Crippen molar-refractivity contribution in [2.24, 2.45) is 0 Å². The summed E-state index contributed by atoms with van der Waals surface area (Å²) >= 11 is 0. The molecule has 0 N–H and O–H groups in total. The molecule has 3 fully saturated rings. The summed E-state index contributed by atoms with van der Waals surface area (Å²) in [6.07, 6.45) is 3.82. The molecule has 3 saturated heterocycles. The third kappa shape index (κ3) is 6.37. The van der Waals surface area contributed by atoms with E-state index in [1.165, 1.54) is 23.2 Å². The van der Waals surface area contributed by atoms with Crippen LogP contribution in [0.25, 0.3) is 39.0 Å². The summed E-state index contributed by atoms with van der Waals surface area (Å²) in [5.74, 6) is -4.19. The predicted octanol–water partition coefficient (Wildman–Crippen LogP) is 6.67. The fraction of sp³-hybridized carbons (Fsp3) is 0.385. The maximum atomic E-state index is 16.8. The summed E-state index contributed by atoms with van der Waals surface area (Å²) in [6, 6.07) is 8.11. The van der Waals surface area contributed by atoms with Gasteiger partial charge >= 0.3 is 6.01 Å². The van der Waals surface area contributed by atoms with Crippen molar-refractivity contribution in [3.63, 3.8) is 0 Å². The maximum Gasteiger partial charge on any atom is 0.319 e. The fourth-order valence-electron chi connectivity index (χ4n) is 8.27. The molecule has 280 valence electrons. The zero-order valence-corrected chi connectivity index (χ0v) is 29.9. The predicted molar refractivity (Wildman–Crippen MR) is 193 cm³/mol. The van der Waals surface area contributed by atoms with Crippen LogP contribution in [0, 0.1) is 31.3 Å². The van der Waals surface area contributed by atoms with Crippen LogP contribution >= 0.6 is 0 Å². The molecule has 15 heteroatoms. The number of likely N-dealkylation sites (N-methyl/N-ethyl adjacent to an activating group) is 1. The van der Waals surface area contributed by atoms with E-state index in [0.717, 1.165) is 31.5 Å². The Hall–Kier alpha value is -5.31. The third-order valence-corrected chi connectivity index (χ3v) is 10.9. The molecule has 5 aromatic rings. The van der Waals surface area contributed by atoms with Gasteiger partial charge in [0.25, 0.3) is 5.91 Å². The molecule has 0 saturated carbocycles. The van der Waals surface area contributed by atoms with E-state index < -0.39 is 40.9 Å². The second-order valence-electron chi connectivity index (χ2n) is 14.4. The van der Waals surface area contributed by atoms with Crippen molar-refractivity contribution in [3.05, 3.63) is 83.1 Å². The fourth-order valence-corrected chi connectivity index (χ4v) is 8.27. The minimum atomic E-state index is -1.13. The molecule has 6 heterocycles. The lowest BCUT2D eigenvalue weighted by molar-refractivity contribution is -0.127. The van der Waals surface area contributed by atoms with Gasteiger partial charge < -0.3 is 14.5 Å². The molecule has 1 amide bonds. The number of anilines is 1. The number of rotatable bonds is 8. The highest BCUT2D eigenvalue weighted by molar-refractivity contribution is 5.99. The van der Waals surface area contributed by atoms with E-state index >= 15 is 13.2 Å². The summed E-state index contributed by atoms with van der Waals surface area (Å²) in [5.41, 5.74) is -0.00302. The number of amides is 1. The van der Waals surface area contributed by atoms with Crippen LogP contribution in [0.4, 0.5) is 27.8 Å². The van der Waals surface area contributed by atoms with Crippen molar-refractivity contribution in [3.8, 4) is 17.3 Å². The number of pyridine rings is 1. The Labute approximate surface area is 307 Å². The van der Waals surface area contributed by atoms with Crippen molar-refractivity contribution < 1.29 is 31.5 Å². The van der Waals surface area contributed by atoms with Crippen molar-refractivity contribution in [2.45, 2.75) is 57.3 Å². The molecule has 2 aromatic carbocycles. The zero-order chi connectivity index (χ0) is 37.9. The number of aromatic nitrogens is 5. The number of ether oxygens (including phenoxy) is 1. The zero-order valence-electron chi connectivity index (χ0n) is 29.9. The van der Waals surface area contributed by atoms with E-state index in [0.29, 0.717) is 36.3 Å². The van der Waals surface area contributed by atoms with Gasteiger partial charge in [-0.2, -0.15) is 9.97 Å². The molecular weight excluding hydrogens is 707 g/mol. The van der Waals surface area contributed by atoms with Gasteiger partial charge in [-0.25, -0.2) is 31.9 Å². The summed E-state index contributed by atoms with van der Waals surface area (Å²) in [5, 5.41) is 0.432. The smallest absolute Gasteiger partial charge is 0.319 e. The van der Waals surface area contributed by atoms with Crippen LogP contribution < -0.4 is 9.64 Å². The van der Waals surface area contributed by atoms with Crippen LogP contribution in [0.15, 0.2) is 48.4 Å². The number of hydrogen-bond acceptors (Lipinski definition) is 9. The van der Waals surface area contributed by atoms with Gasteiger partial charge in [0, 0.05) is 68.1 Å². The number of benzene rings is 2. The first-order valence-corrected chi connectivity index (χ1v) is 17.9. The maximum absolute atomic E-state index is 16.8. The first kappa shape index (κ1) is 35.7. The SMILES string of the molecule is Cc1cc(/C=C(\F)C(=O)N2CC[C@@H](N(C)c3nc(OC[C@@]45CCCN4C[C@H](F)C5)nc4c(F)c(-c5cccc6ccc(F)c(F)c56)ncc34)C2)nc(C)n1. The normalized spacial score (nSPS) is 21.7. The Balaban J connectivity index is 1.15. The van der Waals surface area contributed by atoms with Crippen LogP contribution in [0.5, 0.6) is 6.01 Å². The number of likely N-dealkylation sites (tertiary alicyclic amines) is 1. The highest BCUT2D eigenvalue weighted by Crippen LogP contribution is 2.41. The first-order valence-electron chi connectivity index (χ1n) is 17.9. The summed E-state index contributed by atoms with van der Waals surface area (Å²) < 4.78 is 82.4. The molecule has 0 radical (unpaired) electrons. The second-order valence-corrected chi connectivity index (χ2v) is 14.4. The van der Waals surface area contributed by atoms with Crippen LogP contribution in [0.3, 0.4) is 0 Å². The van der Waals surface area contributed by atoms with E-state index in [4.69, 9.17) is 9.72 Å². The van der Waals surface area contributed by atoms with Gasteiger partial charge in [-0.15, -0.1) is 0 Å². The number of hydrogen-bond donors (Lipinski definition) is 0. The summed E-state index contributed by atoms with van der Waals surface area (Å²) in [4.78, 5) is 40.4. The van der Waals surface area contributed by atoms with Crippen LogP contribution in [-0.4, -0.2) is 98.2 Å². The van der Waals surface area contributed by atoms with Crippen LogP contribution in [-0.2, 0) is 4.79 Å². The van der Waals surface area contributed by atoms with Crippen LogP contribution in [0.1, 0.15) is 42.9 Å². The van der Waals surface area contributed by atoms with Gasteiger partial charge in [0.1, 0.15) is 35.6 Å². The first-order chi connectivity index (χ1) is 25.9. The molecule has 10 nitrogen and oxygen atoms in total. The second kappa shape index (κ2) is 13.8. The van der Waals surface area contributed by atoms with Gasteiger partial charge in [-0.3, -0.25) is 14.7 Å². The average molecular weight is 745 g/mol. The molecule has 0 unspecified atom stereocenters. The molecule has 54 heavy (non-hydrogen) atoms. The van der Waals surface area contributed by atoms with E-state index in [1.54, 1.807) is 44.0 Å². The van der Waals surface area contributed by atoms with Crippen molar-refractivity contribution in [1.82, 2.24) is 34.7 Å². The number of halogens is 5. The van der Waals surface area contributed by atoms with Crippen molar-refractivity contribution >= 4 is 39.5 Å². The number of alkyl halides is 1. The Kier molecular flexibility index (Phi) is 9.15. The molecule has 0 bridgehead atoms. The third-order valence-electron chi connectivity index (χ3n) is 10.9. The number of fused-ring (bicyclic) bond motifs is 3. The summed E-state index contributed by atoms with van der Waals surface area (Å²) in [6.45, 7) is 4.95. The molecule has 3 aromatic heterocycles. The average Bonchev–Trinajstić information content (AvgIpc) is 3.86. The standard InChI is InChI=1S/C39H37F5N8O2/c1-21-14-25(47-22(2)46-21)15-30(42)37(53)51-13-10-26(19-51)50(3)36-28-17-45-34(27-7-4-6-23-8-9-29(41)32(43)31(23)27)33(44)35(28)48-38(49-36)54-20-39-11-5-12-52(39)18-24(40)16-39/h4,6-9,14-15,17,24,26H,5,10-13,16,18-20H2,1-3H3/b30-15-/t24-,26-,39+/m1/s1. The highest BCUT2D eigenvalue weighted by Gasteiger charge is 2.49. The van der Waals surface area contributed by atoms with Gasteiger partial charge in [-0.1, -0.05) is 24.3 Å². The molecule has 3 aliphatic heterocycles. The van der Waals surface area contributed by atoms with Gasteiger partial charge in [0.15, 0.2) is 23.3 Å². The number of carbonyl (C=O) groups is 1. The molecular formula is C39H37F5N8O2. The van der Waals surface area contributed by atoms with Gasteiger partial charge in [-0.05, 0) is 57.2 Å². The molecule has 0 spiro atoms. The lowest BCUT2D eigenvalue weighted by Crippen LogP contribution is -2.43. The molecule has 8 rings (SSSR count). The van der Waals surface area contributed by atoms with Crippen LogP contribution in [0.2, 0.25) is 0 Å². The number of aryl methyl sites for hydroxylation is 2. The van der Waals surface area contributed by atoms with E-state index in [9.17, 15) is 13.6 Å². The van der Waals surface area contributed by atoms with E-state index in [1.807, 2.05) is 0 Å². The Bertz CT molecular complexity index is 2320. The molecule has 3 atom stereocenters. The summed E-state index contributed by atoms with van der Waals surface area (Å²) in [7, 11) is 1.72. The monoisotopic (exact) mass is 744 g/mol. The van der Waals surface area contributed by atoms with E-state index in [-0.39, 0.29) is 70.8 Å². The lowest BCUT2D eigenvalue weighted by Gasteiger charge is -2.31. The minimum absolute atomic E-state index is 0.0348. The molecule has 3 aliphatic rings. The van der Waals surface area contributed by atoms with Gasteiger partial charge in [0.05, 0.1) is 16.6 Å². The Morgan fingerprint density at radius 3 is 2.70 bits per heavy atom. The van der Waals surface area contributed by atoms with Gasteiger partial charge in [0.2, 0.25) is 0 Å². The molecule has 0 aliphatic carbocycles. The lowest BCUT2D eigenvalue weighted by atomic mass is 9.95. The Morgan fingerprint density at radius 1 is 1.06 bits per heavy atom. The largest absolute Gasteiger partial charge is 0.461 e. The minimum Gasteiger partial charge on any atom is -0.461 e. The quantitative estimate of drug-likeness (QED) is 0.127. The number of nitrogens with zero attached hydrogens (tertiary/aromatic N) is 8. The Morgan fingerprint density at radius 2 is 1.89 bits per heavy atom. The topological polar surface area (TPSA) is 100 Å². The van der Waals surface area contributed by atoms with Crippen molar-refractivity contribution in [2.75, 3.05) is 44.7 Å². The highest BCUT2D eigenvalue weighted by atomic mass is 19.2. The number of carbonyl (C=O) groups excluding carboxylic acids is 1.